The van der Waals surface area contributed by atoms with Crippen LogP contribution in [0, 0.1) is 6.92 Å². The van der Waals surface area contributed by atoms with Crippen LogP contribution >= 0.6 is 0 Å². The Bertz CT molecular complexity index is 1440. The predicted octanol–water partition coefficient (Wildman–Crippen LogP) is 2.13. The molecule has 1 aliphatic heterocycles. The largest absolute Gasteiger partial charge is 0.381 e. The highest BCUT2D eigenvalue weighted by atomic mass is 16.5. The first kappa shape index (κ1) is 24.5. The van der Waals surface area contributed by atoms with Crippen LogP contribution in [0.2, 0.25) is 0 Å². The number of methoxy groups -OCH3 is 1. The number of carbonyl (C=O) groups excluding carboxylic acids is 2. The first-order chi connectivity index (χ1) is 17.9. The number of pyridine rings is 2. The smallest absolute Gasteiger partial charge is 0.294 e. The molecule has 2 amide bonds. The first-order valence-corrected chi connectivity index (χ1v) is 12.1. The molecule has 0 radical (unpaired) electrons. The lowest BCUT2D eigenvalue weighted by molar-refractivity contribution is -0.117. The van der Waals surface area contributed by atoms with Gasteiger partial charge in [-0.2, -0.15) is 5.10 Å². The number of hydrogen-bond donors (Lipinski definition) is 2. The fourth-order valence-electron chi connectivity index (χ4n) is 4.41. The van der Waals surface area contributed by atoms with Crippen molar-refractivity contribution < 1.29 is 14.3 Å². The van der Waals surface area contributed by atoms with E-state index in [4.69, 9.17) is 4.74 Å². The van der Waals surface area contributed by atoms with Crippen LogP contribution < -0.4 is 10.6 Å². The number of amides is 2. The fourth-order valence-corrected chi connectivity index (χ4v) is 4.41. The summed E-state index contributed by atoms with van der Waals surface area (Å²) in [4.78, 5) is 32.1. The van der Waals surface area contributed by atoms with Crippen LogP contribution in [0.5, 0.6) is 0 Å². The molecule has 192 valence electrons. The second kappa shape index (κ2) is 10.4. The number of nitrogens with zero attached hydrogens (tertiary/aromatic N) is 7. The van der Waals surface area contributed by atoms with Crippen LogP contribution in [0.25, 0.3) is 16.8 Å². The van der Waals surface area contributed by atoms with Crippen molar-refractivity contribution in [3.8, 4) is 11.1 Å². The van der Waals surface area contributed by atoms with Gasteiger partial charge in [0.15, 0.2) is 5.65 Å². The molecule has 1 saturated heterocycles. The number of aromatic nitrogens is 6. The lowest BCUT2D eigenvalue weighted by Gasteiger charge is -2.30. The number of rotatable bonds is 7. The van der Waals surface area contributed by atoms with E-state index in [1.54, 1.807) is 47.8 Å². The molecule has 0 unspecified atom stereocenters. The number of fused-ring (bicyclic) bond motifs is 1. The van der Waals surface area contributed by atoms with Gasteiger partial charge < -0.3 is 15.4 Å². The molecule has 1 fully saturated rings. The highest BCUT2D eigenvalue weighted by Gasteiger charge is 2.21. The van der Waals surface area contributed by atoms with Crippen molar-refractivity contribution in [1.82, 2.24) is 34.3 Å². The van der Waals surface area contributed by atoms with E-state index in [9.17, 15) is 9.59 Å². The number of hydrogen-bond acceptors (Lipinski definition) is 8. The molecule has 0 aliphatic carbocycles. The van der Waals surface area contributed by atoms with E-state index in [0.717, 1.165) is 37.1 Å². The van der Waals surface area contributed by atoms with Crippen LogP contribution in [-0.2, 0) is 16.6 Å². The summed E-state index contributed by atoms with van der Waals surface area (Å²) in [5.41, 5.74) is 4.00. The van der Waals surface area contributed by atoms with Crippen LogP contribution in [0.3, 0.4) is 0 Å². The van der Waals surface area contributed by atoms with Gasteiger partial charge in [0, 0.05) is 45.2 Å². The average molecular weight is 504 g/mol. The molecular formula is C25H29N9O3. The van der Waals surface area contributed by atoms with Crippen molar-refractivity contribution in [3.63, 3.8) is 0 Å². The molecule has 5 heterocycles. The lowest BCUT2D eigenvalue weighted by atomic mass is 10.1. The van der Waals surface area contributed by atoms with Gasteiger partial charge in [0.2, 0.25) is 11.7 Å². The number of carbonyl (C=O) groups is 2. The van der Waals surface area contributed by atoms with Gasteiger partial charge in [-0.3, -0.25) is 28.6 Å². The highest BCUT2D eigenvalue weighted by molar-refractivity contribution is 6.03. The van der Waals surface area contributed by atoms with Crippen molar-refractivity contribution >= 4 is 28.8 Å². The third-order valence-corrected chi connectivity index (χ3v) is 6.51. The van der Waals surface area contributed by atoms with Crippen LogP contribution in [0.15, 0.2) is 43.0 Å². The summed E-state index contributed by atoms with van der Waals surface area (Å²) in [5.74, 6) is -0.427. The Morgan fingerprint density at radius 1 is 1.11 bits per heavy atom. The molecule has 4 aromatic heterocycles. The topological polar surface area (TPSA) is 132 Å². The average Bonchev–Trinajstić information content (AvgIpc) is 3.52. The van der Waals surface area contributed by atoms with E-state index >= 15 is 0 Å². The monoisotopic (exact) mass is 503 g/mol. The number of anilines is 2. The summed E-state index contributed by atoms with van der Waals surface area (Å²) >= 11 is 0. The van der Waals surface area contributed by atoms with Crippen molar-refractivity contribution in [2.45, 2.75) is 25.9 Å². The van der Waals surface area contributed by atoms with Gasteiger partial charge in [-0.1, -0.05) is 0 Å². The second-order valence-electron chi connectivity index (χ2n) is 9.14. The van der Waals surface area contributed by atoms with Crippen molar-refractivity contribution in [3.05, 3.63) is 54.5 Å². The standard InChI is InChI=1S/C25H29N9O3/c1-16-21(11-19(13-26-16)28-23(35)15-33-7-5-20(37-3)6-8-33)29-25(36)24-31-30-22-10-17(4-9-34(22)24)18-12-27-32(2)14-18/h4,9-14,20H,5-8,15H2,1-3H3,(H,28,35)(H,29,36). The molecular weight excluding hydrogens is 474 g/mol. The second-order valence-corrected chi connectivity index (χ2v) is 9.14. The highest BCUT2D eigenvalue weighted by Crippen LogP contribution is 2.22. The maximum absolute atomic E-state index is 13.1. The molecule has 4 aromatic rings. The maximum atomic E-state index is 13.1. The fraction of sp³-hybridized carbons (Fsp3) is 0.360. The molecule has 0 atom stereocenters. The molecule has 12 nitrogen and oxygen atoms in total. The van der Waals surface area contributed by atoms with Crippen LogP contribution in [-0.4, -0.2) is 78.9 Å². The van der Waals surface area contributed by atoms with E-state index in [1.807, 2.05) is 25.4 Å². The molecule has 5 rings (SSSR count). The Labute approximate surface area is 213 Å². The van der Waals surface area contributed by atoms with Gasteiger partial charge in [0.1, 0.15) is 0 Å². The molecule has 0 bridgehead atoms. The molecule has 0 spiro atoms. The zero-order chi connectivity index (χ0) is 25.9. The Balaban J connectivity index is 1.25. The molecule has 1 aliphatic rings. The van der Waals surface area contributed by atoms with E-state index in [0.29, 0.717) is 29.3 Å². The van der Waals surface area contributed by atoms with Crippen molar-refractivity contribution in [1.29, 1.82) is 0 Å². The normalized spacial score (nSPS) is 14.7. The van der Waals surface area contributed by atoms with Gasteiger partial charge in [-0.25, -0.2) is 0 Å². The third kappa shape index (κ3) is 5.49. The zero-order valence-corrected chi connectivity index (χ0v) is 21.0. The molecule has 0 saturated carbocycles. The maximum Gasteiger partial charge on any atom is 0.294 e. The summed E-state index contributed by atoms with van der Waals surface area (Å²) in [6, 6.07) is 5.42. The number of piperidine rings is 1. The van der Waals surface area contributed by atoms with Gasteiger partial charge >= 0.3 is 0 Å². The van der Waals surface area contributed by atoms with Gasteiger partial charge in [0.05, 0.1) is 42.1 Å². The number of likely N-dealkylation sites (tertiary alicyclic amines) is 1. The van der Waals surface area contributed by atoms with Crippen LogP contribution in [0.1, 0.15) is 29.2 Å². The summed E-state index contributed by atoms with van der Waals surface area (Å²) in [6.45, 7) is 3.70. The minimum absolute atomic E-state index is 0.133. The van der Waals surface area contributed by atoms with Crippen molar-refractivity contribution in [2.24, 2.45) is 7.05 Å². The summed E-state index contributed by atoms with van der Waals surface area (Å²) in [7, 11) is 3.57. The van der Waals surface area contributed by atoms with E-state index in [2.05, 4.69) is 35.8 Å². The van der Waals surface area contributed by atoms with E-state index < -0.39 is 5.91 Å². The summed E-state index contributed by atoms with van der Waals surface area (Å²) in [6.07, 6.45) is 9.08. The zero-order valence-electron chi connectivity index (χ0n) is 21.0. The Morgan fingerprint density at radius 3 is 2.65 bits per heavy atom. The minimum Gasteiger partial charge on any atom is -0.381 e. The molecule has 12 heteroatoms. The third-order valence-electron chi connectivity index (χ3n) is 6.51. The Hall–Kier alpha value is -4.16. The van der Waals surface area contributed by atoms with Gasteiger partial charge in [0.25, 0.3) is 5.91 Å². The Morgan fingerprint density at radius 2 is 1.92 bits per heavy atom. The van der Waals surface area contributed by atoms with Crippen molar-refractivity contribution in [2.75, 3.05) is 37.4 Å². The van der Waals surface area contributed by atoms with E-state index in [1.165, 1.54) is 0 Å². The number of ether oxygens (including phenoxy) is 1. The number of nitrogens with one attached hydrogen (secondary N) is 2. The predicted molar refractivity (Wildman–Crippen MR) is 137 cm³/mol. The number of aryl methyl sites for hydroxylation is 2. The Kier molecular flexibility index (Phi) is 6.93. The minimum atomic E-state index is -0.434. The van der Waals surface area contributed by atoms with Gasteiger partial charge in [-0.05, 0) is 43.5 Å². The summed E-state index contributed by atoms with van der Waals surface area (Å²) in [5, 5.41) is 18.2. The lowest BCUT2D eigenvalue weighted by Crippen LogP contribution is -2.41. The van der Waals surface area contributed by atoms with Gasteiger partial charge in [-0.15, -0.1) is 10.2 Å². The SMILES string of the molecule is COC1CCN(CC(=O)Nc2cnc(C)c(NC(=O)c3nnc4cc(-c5cnn(C)c5)ccn34)c2)CC1. The molecule has 2 N–H and O–H groups in total. The summed E-state index contributed by atoms with van der Waals surface area (Å²) < 4.78 is 8.73. The molecule has 37 heavy (non-hydrogen) atoms. The van der Waals surface area contributed by atoms with E-state index in [-0.39, 0.29) is 17.8 Å². The quantitative estimate of drug-likeness (QED) is 0.392. The van der Waals surface area contributed by atoms with Crippen LogP contribution in [0.4, 0.5) is 11.4 Å². The molecule has 0 aromatic carbocycles. The first-order valence-electron chi connectivity index (χ1n) is 12.1.